The van der Waals surface area contributed by atoms with Crippen LogP contribution in [-0.4, -0.2) is 17.6 Å². The Morgan fingerprint density at radius 3 is 2.58 bits per heavy atom. The fourth-order valence-electron chi connectivity index (χ4n) is 1.55. The van der Waals surface area contributed by atoms with Crippen LogP contribution in [0, 0.1) is 0 Å². The van der Waals surface area contributed by atoms with Crippen LogP contribution in [0.4, 0.5) is 5.69 Å². The molecule has 0 saturated carbocycles. The minimum absolute atomic E-state index is 0.165. The number of aliphatic hydroxyl groups is 1. The predicted octanol–water partition coefficient (Wildman–Crippen LogP) is 2.56. The van der Waals surface area contributed by atoms with E-state index in [1.807, 2.05) is 6.07 Å². The Kier molecular flexibility index (Phi) is 4.57. The molecule has 0 fully saturated rings. The first kappa shape index (κ1) is 14.0. The van der Waals surface area contributed by atoms with Gasteiger partial charge in [-0.2, -0.15) is 0 Å². The van der Waals surface area contributed by atoms with Crippen molar-refractivity contribution in [2.45, 2.75) is 6.10 Å². The van der Waals surface area contributed by atoms with E-state index >= 15 is 0 Å². The molecule has 4 nitrogen and oxygen atoms in total. The lowest BCUT2D eigenvalue weighted by Gasteiger charge is -2.12. The van der Waals surface area contributed by atoms with Crippen LogP contribution in [0.1, 0.15) is 21.3 Å². The second-order valence-electron chi connectivity index (χ2n) is 4.00. The highest BCUT2D eigenvalue weighted by Gasteiger charge is 2.12. The molecule has 6 heteroatoms. The summed E-state index contributed by atoms with van der Waals surface area (Å²) < 4.78 is 0.900. The number of aliphatic hydroxyl groups excluding tert-OH is 1. The molecule has 0 saturated heterocycles. The number of carbonyl (C=O) groups is 1. The molecule has 0 radical (unpaired) electrons. The molecule has 0 aliphatic rings. The summed E-state index contributed by atoms with van der Waals surface area (Å²) in [5.74, 6) is -0.190. The molecule has 1 aromatic carbocycles. The minimum Gasteiger partial charge on any atom is -0.399 e. The van der Waals surface area contributed by atoms with Gasteiger partial charge >= 0.3 is 0 Å². The summed E-state index contributed by atoms with van der Waals surface area (Å²) >= 11 is 4.65. The van der Waals surface area contributed by atoms with Gasteiger partial charge in [0.1, 0.15) is 0 Å². The molecular formula is C13H13BrN2O2S. The maximum Gasteiger partial charge on any atom is 0.261 e. The molecular weight excluding hydrogens is 328 g/mol. The van der Waals surface area contributed by atoms with Gasteiger partial charge in [-0.05, 0) is 45.8 Å². The van der Waals surface area contributed by atoms with Crippen LogP contribution >= 0.6 is 27.3 Å². The molecule has 1 aromatic heterocycles. The SMILES string of the molecule is Nc1ccc(C(O)CNC(=O)c2ccc(Br)s2)cc1. The van der Waals surface area contributed by atoms with E-state index in [2.05, 4.69) is 21.2 Å². The van der Waals surface area contributed by atoms with Gasteiger partial charge in [-0.1, -0.05) is 12.1 Å². The van der Waals surface area contributed by atoms with Gasteiger partial charge in [0.25, 0.3) is 5.91 Å². The number of nitrogens with two attached hydrogens (primary N) is 1. The molecule has 1 amide bonds. The highest BCUT2D eigenvalue weighted by Crippen LogP contribution is 2.22. The second kappa shape index (κ2) is 6.18. The van der Waals surface area contributed by atoms with Crippen molar-refractivity contribution < 1.29 is 9.90 Å². The summed E-state index contributed by atoms with van der Waals surface area (Å²) in [6.07, 6.45) is -0.743. The van der Waals surface area contributed by atoms with Crippen molar-refractivity contribution in [2.24, 2.45) is 0 Å². The average molecular weight is 341 g/mol. The van der Waals surface area contributed by atoms with Gasteiger partial charge in [0.15, 0.2) is 0 Å². The fourth-order valence-corrected chi connectivity index (χ4v) is 2.85. The van der Waals surface area contributed by atoms with Gasteiger partial charge in [-0.3, -0.25) is 4.79 Å². The third-order valence-corrected chi connectivity index (χ3v) is 4.20. The standard InChI is InChI=1S/C13H13BrN2O2S/c14-12-6-5-11(19-12)13(18)16-7-10(17)8-1-3-9(15)4-2-8/h1-6,10,17H,7,15H2,(H,16,18). The number of benzene rings is 1. The highest BCUT2D eigenvalue weighted by molar-refractivity contribution is 9.11. The number of nitrogen functional groups attached to an aromatic ring is 1. The number of nitrogens with one attached hydrogen (secondary N) is 1. The quantitative estimate of drug-likeness (QED) is 0.748. The number of carbonyl (C=O) groups excluding carboxylic acids is 1. The van der Waals surface area contributed by atoms with Crippen LogP contribution in [0.15, 0.2) is 40.2 Å². The number of halogens is 1. The van der Waals surface area contributed by atoms with E-state index in [0.717, 1.165) is 9.35 Å². The second-order valence-corrected chi connectivity index (χ2v) is 6.46. The number of anilines is 1. The van der Waals surface area contributed by atoms with E-state index < -0.39 is 6.10 Å². The van der Waals surface area contributed by atoms with Crippen molar-refractivity contribution >= 4 is 38.9 Å². The molecule has 0 bridgehead atoms. The molecule has 100 valence electrons. The molecule has 0 aliphatic carbocycles. The topological polar surface area (TPSA) is 75.3 Å². The number of hydrogen-bond donors (Lipinski definition) is 3. The van der Waals surface area contributed by atoms with Crippen molar-refractivity contribution in [1.29, 1.82) is 0 Å². The van der Waals surface area contributed by atoms with Crippen LogP contribution < -0.4 is 11.1 Å². The predicted molar refractivity (Wildman–Crippen MR) is 80.2 cm³/mol. The average Bonchev–Trinajstić information content (AvgIpc) is 2.83. The molecule has 0 aliphatic heterocycles. The zero-order chi connectivity index (χ0) is 13.8. The monoisotopic (exact) mass is 340 g/mol. The highest BCUT2D eigenvalue weighted by atomic mass is 79.9. The Balaban J connectivity index is 1.91. The lowest BCUT2D eigenvalue weighted by Crippen LogP contribution is -2.27. The first-order valence-corrected chi connectivity index (χ1v) is 7.24. The molecule has 2 aromatic rings. The van der Waals surface area contributed by atoms with E-state index in [1.54, 1.807) is 30.3 Å². The third-order valence-electron chi connectivity index (χ3n) is 2.57. The number of thiophene rings is 1. The Morgan fingerprint density at radius 2 is 2.00 bits per heavy atom. The fraction of sp³-hybridized carbons (Fsp3) is 0.154. The Morgan fingerprint density at radius 1 is 1.32 bits per heavy atom. The number of amides is 1. The summed E-state index contributed by atoms with van der Waals surface area (Å²) in [6, 6.07) is 10.5. The summed E-state index contributed by atoms with van der Waals surface area (Å²) in [5, 5.41) is 12.6. The van der Waals surface area contributed by atoms with Gasteiger partial charge in [0, 0.05) is 12.2 Å². The van der Waals surface area contributed by atoms with Crippen molar-refractivity contribution in [1.82, 2.24) is 5.32 Å². The van der Waals surface area contributed by atoms with E-state index in [1.165, 1.54) is 11.3 Å². The molecule has 1 heterocycles. The Hall–Kier alpha value is -1.37. The first-order valence-electron chi connectivity index (χ1n) is 5.63. The van der Waals surface area contributed by atoms with Gasteiger partial charge in [0.05, 0.1) is 14.8 Å². The van der Waals surface area contributed by atoms with E-state index in [0.29, 0.717) is 10.6 Å². The van der Waals surface area contributed by atoms with Crippen LogP contribution in [0.2, 0.25) is 0 Å². The number of rotatable bonds is 4. The minimum atomic E-state index is -0.743. The zero-order valence-electron chi connectivity index (χ0n) is 9.97. The van der Waals surface area contributed by atoms with Gasteiger partial charge in [-0.15, -0.1) is 11.3 Å². The summed E-state index contributed by atoms with van der Waals surface area (Å²) in [7, 11) is 0. The van der Waals surface area contributed by atoms with Crippen molar-refractivity contribution in [2.75, 3.05) is 12.3 Å². The van der Waals surface area contributed by atoms with Crippen LogP contribution in [0.25, 0.3) is 0 Å². The van der Waals surface area contributed by atoms with Gasteiger partial charge < -0.3 is 16.2 Å². The molecule has 4 N–H and O–H groups in total. The number of hydrogen-bond acceptors (Lipinski definition) is 4. The summed E-state index contributed by atoms with van der Waals surface area (Å²) in [6.45, 7) is 0.165. The molecule has 0 spiro atoms. The van der Waals surface area contributed by atoms with E-state index in [4.69, 9.17) is 5.73 Å². The lowest BCUT2D eigenvalue weighted by molar-refractivity contribution is 0.0920. The van der Waals surface area contributed by atoms with E-state index in [9.17, 15) is 9.90 Å². The largest absolute Gasteiger partial charge is 0.399 e. The maximum absolute atomic E-state index is 11.8. The Labute approximate surface area is 123 Å². The first-order chi connectivity index (χ1) is 9.06. The Bertz CT molecular complexity index is 568. The molecule has 1 unspecified atom stereocenters. The smallest absolute Gasteiger partial charge is 0.261 e. The lowest BCUT2D eigenvalue weighted by atomic mass is 10.1. The van der Waals surface area contributed by atoms with Crippen LogP contribution in [-0.2, 0) is 0 Å². The van der Waals surface area contributed by atoms with Gasteiger partial charge in [0.2, 0.25) is 0 Å². The normalized spacial score (nSPS) is 12.1. The zero-order valence-corrected chi connectivity index (χ0v) is 12.4. The maximum atomic E-state index is 11.8. The molecule has 2 rings (SSSR count). The summed E-state index contributed by atoms with van der Waals surface area (Å²) in [5.41, 5.74) is 6.94. The van der Waals surface area contributed by atoms with Crippen molar-refractivity contribution in [3.63, 3.8) is 0 Å². The van der Waals surface area contributed by atoms with Crippen LogP contribution in [0.3, 0.4) is 0 Å². The van der Waals surface area contributed by atoms with Crippen molar-refractivity contribution in [3.05, 3.63) is 50.6 Å². The van der Waals surface area contributed by atoms with Crippen molar-refractivity contribution in [3.8, 4) is 0 Å². The van der Waals surface area contributed by atoms with Gasteiger partial charge in [-0.25, -0.2) is 0 Å². The summed E-state index contributed by atoms with van der Waals surface area (Å²) in [4.78, 5) is 12.4. The van der Waals surface area contributed by atoms with Crippen LogP contribution in [0.5, 0.6) is 0 Å². The third kappa shape index (κ3) is 3.79. The molecule has 19 heavy (non-hydrogen) atoms. The molecule has 1 atom stereocenters. The van der Waals surface area contributed by atoms with E-state index in [-0.39, 0.29) is 12.5 Å².